The van der Waals surface area contributed by atoms with Crippen molar-refractivity contribution in [1.82, 2.24) is 0 Å². The van der Waals surface area contributed by atoms with E-state index in [0.717, 1.165) is 16.6 Å². The van der Waals surface area contributed by atoms with E-state index in [1.165, 1.54) is 6.92 Å². The van der Waals surface area contributed by atoms with E-state index in [-0.39, 0.29) is 29.5 Å². The molecule has 3 rings (SSSR count). The van der Waals surface area contributed by atoms with E-state index in [4.69, 9.17) is 19.2 Å². The summed E-state index contributed by atoms with van der Waals surface area (Å²) in [6, 6.07) is 7.84. The molecular weight excluding hydrogens is 340 g/mol. The lowest BCUT2D eigenvalue weighted by Crippen LogP contribution is -2.47. The number of ether oxygens (including phenoxy) is 3. The maximum atomic E-state index is 11.1. The first kappa shape index (κ1) is 18.1. The molecule has 7 heteroatoms. The van der Waals surface area contributed by atoms with Crippen LogP contribution in [0.1, 0.15) is 20.8 Å². The first-order valence-electron chi connectivity index (χ1n) is 8.42. The van der Waals surface area contributed by atoms with Crippen molar-refractivity contribution in [3.63, 3.8) is 0 Å². The van der Waals surface area contributed by atoms with Crippen LogP contribution >= 0.6 is 11.8 Å². The van der Waals surface area contributed by atoms with E-state index in [0.29, 0.717) is 12.5 Å². The fraction of sp³-hybridized carbons (Fsp3) is 0.556. The van der Waals surface area contributed by atoms with Crippen LogP contribution in [0.5, 0.6) is 5.75 Å². The third kappa shape index (κ3) is 4.10. The van der Waals surface area contributed by atoms with Crippen LogP contribution in [0.15, 0.2) is 29.3 Å². The number of amidine groups is 1. The van der Waals surface area contributed by atoms with Crippen molar-refractivity contribution in [3.05, 3.63) is 24.3 Å². The first-order chi connectivity index (χ1) is 12.0. The van der Waals surface area contributed by atoms with Gasteiger partial charge in [0, 0.05) is 12.6 Å². The number of anilines is 1. The van der Waals surface area contributed by atoms with E-state index in [9.17, 15) is 4.79 Å². The number of methoxy groups -OCH3 is 1. The SMILES string of the molecule is COc1ccc(NC2=N[C@@H]3[C@@H](C)[C@H](C)[C@@H](COC(C)=O)O[C@@H]3S2)cc1. The molecule has 5 atom stereocenters. The Bertz CT molecular complexity index is 649. The monoisotopic (exact) mass is 364 g/mol. The Morgan fingerprint density at radius 1 is 1.28 bits per heavy atom. The fourth-order valence-electron chi connectivity index (χ4n) is 3.08. The maximum Gasteiger partial charge on any atom is 0.302 e. The third-order valence-electron chi connectivity index (χ3n) is 4.83. The van der Waals surface area contributed by atoms with Crippen molar-refractivity contribution in [3.8, 4) is 5.75 Å². The van der Waals surface area contributed by atoms with Gasteiger partial charge >= 0.3 is 5.97 Å². The Kier molecular flexibility index (Phi) is 5.54. The molecule has 6 nitrogen and oxygen atoms in total. The zero-order chi connectivity index (χ0) is 18.0. The average molecular weight is 364 g/mol. The molecule has 0 amide bonds. The minimum Gasteiger partial charge on any atom is -0.497 e. The zero-order valence-electron chi connectivity index (χ0n) is 14.9. The van der Waals surface area contributed by atoms with Gasteiger partial charge in [-0.2, -0.15) is 0 Å². The predicted octanol–water partition coefficient (Wildman–Crippen LogP) is 3.14. The Labute approximate surface area is 152 Å². The van der Waals surface area contributed by atoms with Crippen LogP contribution in [0.4, 0.5) is 5.69 Å². The summed E-state index contributed by atoms with van der Waals surface area (Å²) in [5.74, 6) is 1.16. The summed E-state index contributed by atoms with van der Waals surface area (Å²) in [5.41, 5.74) is 0.912. The lowest BCUT2D eigenvalue weighted by atomic mass is 9.83. The van der Waals surface area contributed by atoms with E-state index >= 15 is 0 Å². The molecule has 2 aliphatic rings. The molecule has 2 heterocycles. The normalized spacial score (nSPS) is 31.0. The lowest BCUT2D eigenvalue weighted by molar-refractivity contribution is -0.152. The number of benzene rings is 1. The highest BCUT2D eigenvalue weighted by molar-refractivity contribution is 8.14. The average Bonchev–Trinajstić information content (AvgIpc) is 3.00. The number of nitrogens with zero attached hydrogens (tertiary/aromatic N) is 1. The predicted molar refractivity (Wildman–Crippen MR) is 99.1 cm³/mol. The van der Waals surface area contributed by atoms with Gasteiger partial charge in [-0.05, 0) is 36.1 Å². The summed E-state index contributed by atoms with van der Waals surface area (Å²) >= 11 is 1.59. The van der Waals surface area contributed by atoms with E-state index in [1.54, 1.807) is 18.9 Å². The van der Waals surface area contributed by atoms with Crippen LogP contribution in [-0.2, 0) is 14.3 Å². The molecule has 1 saturated heterocycles. The summed E-state index contributed by atoms with van der Waals surface area (Å²) in [7, 11) is 1.65. The van der Waals surface area contributed by atoms with E-state index < -0.39 is 0 Å². The fourth-order valence-corrected chi connectivity index (χ4v) is 4.30. The summed E-state index contributed by atoms with van der Waals surface area (Å²) in [6.07, 6.45) is -0.0943. The van der Waals surface area contributed by atoms with Gasteiger partial charge in [0.25, 0.3) is 0 Å². The standard InChI is InChI=1S/C18H24N2O4S/c1-10-11(2)16-17(24-15(10)9-23-12(3)21)25-18(20-16)19-13-5-7-14(22-4)8-6-13/h5-8,10-11,15-17H,9H2,1-4H3,(H,19,20)/t10-,11-,15+,16+,17+/m0/s1. The van der Waals surface area contributed by atoms with Crippen LogP contribution in [0, 0.1) is 11.8 Å². The highest BCUT2D eigenvalue weighted by Crippen LogP contribution is 2.42. The topological polar surface area (TPSA) is 69.1 Å². The molecule has 1 fully saturated rings. The summed E-state index contributed by atoms with van der Waals surface area (Å²) < 4.78 is 16.5. The van der Waals surface area contributed by atoms with Crippen molar-refractivity contribution >= 4 is 28.6 Å². The van der Waals surface area contributed by atoms with Gasteiger partial charge < -0.3 is 19.5 Å². The molecule has 25 heavy (non-hydrogen) atoms. The van der Waals surface area contributed by atoms with Crippen molar-refractivity contribution in [1.29, 1.82) is 0 Å². The van der Waals surface area contributed by atoms with Crippen LogP contribution in [0.2, 0.25) is 0 Å². The Morgan fingerprint density at radius 2 is 2.00 bits per heavy atom. The molecule has 0 aliphatic carbocycles. The molecule has 0 radical (unpaired) electrons. The quantitative estimate of drug-likeness (QED) is 0.828. The second-order valence-corrected chi connectivity index (χ2v) is 7.55. The highest BCUT2D eigenvalue weighted by atomic mass is 32.2. The van der Waals surface area contributed by atoms with Crippen molar-refractivity contribution in [2.75, 3.05) is 19.0 Å². The van der Waals surface area contributed by atoms with Gasteiger partial charge in [0.15, 0.2) is 5.17 Å². The van der Waals surface area contributed by atoms with E-state index in [2.05, 4.69) is 19.2 Å². The minimum absolute atomic E-state index is 0.0486. The van der Waals surface area contributed by atoms with Crippen molar-refractivity contribution < 1.29 is 19.0 Å². The first-order valence-corrected chi connectivity index (χ1v) is 9.30. The van der Waals surface area contributed by atoms with Crippen molar-refractivity contribution in [2.45, 2.75) is 38.4 Å². The number of rotatable bonds is 4. The third-order valence-corrected chi connectivity index (χ3v) is 5.88. The number of carbonyl (C=O) groups excluding carboxylic acids is 1. The molecule has 2 aliphatic heterocycles. The van der Waals surface area contributed by atoms with Crippen molar-refractivity contribution in [2.24, 2.45) is 16.8 Å². The number of nitrogens with one attached hydrogen (secondary N) is 1. The summed E-state index contributed by atoms with van der Waals surface area (Å²) in [6.45, 7) is 6.03. The molecule has 0 unspecified atom stereocenters. The molecule has 0 spiro atoms. The smallest absolute Gasteiger partial charge is 0.302 e. The van der Waals surface area contributed by atoms with Gasteiger partial charge in [0.2, 0.25) is 0 Å². The number of esters is 1. The molecule has 0 bridgehead atoms. The van der Waals surface area contributed by atoms with Gasteiger partial charge in [0.05, 0.1) is 19.3 Å². The molecular formula is C18H24N2O4S. The number of aliphatic imine (C=N–C) groups is 1. The molecule has 1 aromatic carbocycles. The number of carbonyl (C=O) groups is 1. The van der Waals surface area contributed by atoms with Crippen LogP contribution in [0.25, 0.3) is 0 Å². The summed E-state index contributed by atoms with van der Waals surface area (Å²) in [4.78, 5) is 15.9. The van der Waals surface area contributed by atoms with Gasteiger partial charge in [-0.1, -0.05) is 25.6 Å². The van der Waals surface area contributed by atoms with Gasteiger partial charge in [0.1, 0.15) is 17.8 Å². The van der Waals surface area contributed by atoms with Crippen LogP contribution < -0.4 is 10.1 Å². The molecule has 1 N–H and O–H groups in total. The highest BCUT2D eigenvalue weighted by Gasteiger charge is 2.45. The minimum atomic E-state index is -0.275. The number of hydrogen-bond acceptors (Lipinski definition) is 7. The Hall–Kier alpha value is -1.73. The Morgan fingerprint density at radius 3 is 2.64 bits per heavy atom. The number of hydrogen-bond donors (Lipinski definition) is 1. The van der Waals surface area contributed by atoms with Gasteiger partial charge in [-0.15, -0.1) is 0 Å². The Balaban J connectivity index is 1.64. The lowest BCUT2D eigenvalue weighted by Gasteiger charge is -2.40. The maximum absolute atomic E-state index is 11.1. The second-order valence-electron chi connectivity index (χ2n) is 6.46. The van der Waals surface area contributed by atoms with Gasteiger partial charge in [-0.25, -0.2) is 0 Å². The molecule has 1 aromatic rings. The molecule has 0 saturated carbocycles. The van der Waals surface area contributed by atoms with Gasteiger partial charge in [-0.3, -0.25) is 9.79 Å². The molecule has 136 valence electrons. The molecule has 0 aromatic heterocycles. The number of thioether (sulfide) groups is 1. The number of fused-ring (bicyclic) bond motifs is 1. The largest absolute Gasteiger partial charge is 0.497 e. The second kappa shape index (κ2) is 7.66. The van der Waals surface area contributed by atoms with E-state index in [1.807, 2.05) is 24.3 Å². The summed E-state index contributed by atoms with van der Waals surface area (Å²) in [5, 5.41) is 4.20. The van der Waals surface area contributed by atoms with Crippen LogP contribution in [-0.4, -0.2) is 42.4 Å². The zero-order valence-corrected chi connectivity index (χ0v) is 15.7. The van der Waals surface area contributed by atoms with Crippen LogP contribution in [0.3, 0.4) is 0 Å².